The largest absolute Gasteiger partial charge is 0.296 e. The highest BCUT2D eigenvalue weighted by Crippen LogP contribution is 2.17. The summed E-state index contributed by atoms with van der Waals surface area (Å²) in [4.78, 5) is 24.6. The molecule has 86 valence electrons. The second kappa shape index (κ2) is 4.84. The van der Waals surface area contributed by atoms with Gasteiger partial charge in [0.2, 0.25) is 0 Å². The molecule has 0 radical (unpaired) electrons. The van der Waals surface area contributed by atoms with Crippen LogP contribution in [0.3, 0.4) is 0 Å². The maximum Gasteiger partial charge on any atom is 0.269 e. The van der Waals surface area contributed by atoms with E-state index in [1.165, 1.54) is 23.5 Å². The zero-order valence-electron chi connectivity index (χ0n) is 8.70. The smallest absolute Gasteiger partial charge is 0.269 e. The van der Waals surface area contributed by atoms with Gasteiger partial charge in [-0.2, -0.15) is 0 Å². The fraction of sp³-hybridized carbons (Fsp3) is 0.0909. The van der Waals surface area contributed by atoms with E-state index in [0.29, 0.717) is 18.4 Å². The van der Waals surface area contributed by atoms with Crippen molar-refractivity contribution < 1.29 is 9.72 Å². The number of non-ortho nitro benzene ring substituents is 1. The number of thiazole rings is 1. The molecule has 1 aromatic heterocycles. The average Bonchev–Trinajstić information content (AvgIpc) is 2.77. The van der Waals surface area contributed by atoms with E-state index in [9.17, 15) is 14.9 Å². The molecule has 6 heteroatoms. The number of aldehydes is 1. The maximum absolute atomic E-state index is 10.5. The average molecular weight is 248 g/mol. The number of hydrogen-bond donors (Lipinski definition) is 0. The monoisotopic (exact) mass is 248 g/mol. The molecule has 0 N–H and O–H groups in total. The molecule has 2 aromatic rings. The van der Waals surface area contributed by atoms with Crippen molar-refractivity contribution in [2.75, 3.05) is 0 Å². The van der Waals surface area contributed by atoms with Gasteiger partial charge in [0.1, 0.15) is 5.69 Å². The number of carbonyl (C=O) groups excluding carboxylic acids is 1. The molecule has 0 fully saturated rings. The molecular formula is C11H8N2O3S. The lowest BCUT2D eigenvalue weighted by Crippen LogP contribution is -1.91. The molecule has 0 bridgehead atoms. The highest BCUT2D eigenvalue weighted by molar-refractivity contribution is 7.09. The minimum atomic E-state index is -0.433. The normalized spacial score (nSPS) is 10.1. The van der Waals surface area contributed by atoms with Crippen molar-refractivity contribution in [3.8, 4) is 0 Å². The molecule has 0 aliphatic carbocycles. The Balaban J connectivity index is 2.13. The number of nitro groups is 1. The van der Waals surface area contributed by atoms with E-state index in [4.69, 9.17) is 0 Å². The summed E-state index contributed by atoms with van der Waals surface area (Å²) in [5, 5.41) is 13.0. The Morgan fingerprint density at radius 2 is 2.06 bits per heavy atom. The Labute approximate surface area is 101 Å². The van der Waals surface area contributed by atoms with Crippen molar-refractivity contribution in [2.24, 2.45) is 0 Å². The van der Waals surface area contributed by atoms with E-state index in [0.717, 1.165) is 10.6 Å². The van der Waals surface area contributed by atoms with Crippen LogP contribution in [0, 0.1) is 10.1 Å². The van der Waals surface area contributed by atoms with Crippen LogP contribution < -0.4 is 0 Å². The van der Waals surface area contributed by atoms with E-state index in [2.05, 4.69) is 4.98 Å². The van der Waals surface area contributed by atoms with Crippen LogP contribution in [0.15, 0.2) is 29.6 Å². The number of hydrogen-bond acceptors (Lipinski definition) is 5. The third-order valence-electron chi connectivity index (χ3n) is 2.19. The van der Waals surface area contributed by atoms with Crippen LogP contribution >= 0.6 is 11.3 Å². The summed E-state index contributed by atoms with van der Waals surface area (Å²) in [7, 11) is 0. The molecule has 1 heterocycles. The molecule has 0 aliphatic rings. The standard InChI is InChI=1S/C11H8N2O3S/c14-6-9-7-17-11(12-9)5-8-1-3-10(4-2-8)13(15)16/h1-4,6-7H,5H2. The number of aromatic nitrogens is 1. The molecule has 2 rings (SSSR count). The second-order valence-corrected chi connectivity index (χ2v) is 4.33. The third kappa shape index (κ3) is 2.73. The highest BCUT2D eigenvalue weighted by Gasteiger charge is 2.06. The summed E-state index contributed by atoms with van der Waals surface area (Å²) in [5.41, 5.74) is 1.43. The van der Waals surface area contributed by atoms with Crippen molar-refractivity contribution in [1.82, 2.24) is 4.98 Å². The van der Waals surface area contributed by atoms with Gasteiger partial charge in [0, 0.05) is 23.9 Å². The van der Waals surface area contributed by atoms with Gasteiger partial charge >= 0.3 is 0 Å². The van der Waals surface area contributed by atoms with Crippen LogP contribution in [0.1, 0.15) is 21.1 Å². The Kier molecular flexibility index (Phi) is 3.24. The van der Waals surface area contributed by atoms with Crippen LogP contribution in [-0.4, -0.2) is 16.2 Å². The first-order chi connectivity index (χ1) is 8.19. The van der Waals surface area contributed by atoms with E-state index in [1.807, 2.05) is 0 Å². The topological polar surface area (TPSA) is 73.1 Å². The van der Waals surface area contributed by atoms with Crippen molar-refractivity contribution in [3.63, 3.8) is 0 Å². The summed E-state index contributed by atoms with van der Waals surface area (Å²) < 4.78 is 0. The van der Waals surface area contributed by atoms with Crippen molar-refractivity contribution in [2.45, 2.75) is 6.42 Å². The summed E-state index contributed by atoms with van der Waals surface area (Å²) in [6, 6.07) is 6.31. The lowest BCUT2D eigenvalue weighted by molar-refractivity contribution is -0.384. The first kappa shape index (κ1) is 11.4. The maximum atomic E-state index is 10.5. The first-order valence-corrected chi connectivity index (χ1v) is 5.70. The number of nitro benzene ring substituents is 1. The zero-order chi connectivity index (χ0) is 12.3. The molecule has 0 amide bonds. The van der Waals surface area contributed by atoms with Crippen LogP contribution in [-0.2, 0) is 6.42 Å². The van der Waals surface area contributed by atoms with Gasteiger partial charge in [-0.3, -0.25) is 14.9 Å². The molecule has 0 aliphatic heterocycles. The van der Waals surface area contributed by atoms with Gasteiger partial charge < -0.3 is 0 Å². The van der Waals surface area contributed by atoms with Gasteiger partial charge in [-0.1, -0.05) is 12.1 Å². The minimum absolute atomic E-state index is 0.0708. The molecule has 1 aromatic carbocycles. The summed E-state index contributed by atoms with van der Waals surface area (Å²) in [6.45, 7) is 0. The van der Waals surface area contributed by atoms with E-state index in [1.54, 1.807) is 17.5 Å². The van der Waals surface area contributed by atoms with E-state index < -0.39 is 4.92 Å². The number of nitrogens with zero attached hydrogens (tertiary/aromatic N) is 2. The molecule has 0 spiro atoms. The van der Waals surface area contributed by atoms with Gasteiger partial charge in [0.05, 0.1) is 9.93 Å². The van der Waals surface area contributed by atoms with Gasteiger partial charge in [-0.05, 0) is 5.56 Å². The second-order valence-electron chi connectivity index (χ2n) is 3.38. The summed E-state index contributed by atoms with van der Waals surface area (Å²) in [6.07, 6.45) is 1.28. The fourth-order valence-electron chi connectivity index (χ4n) is 1.37. The van der Waals surface area contributed by atoms with Crippen molar-refractivity contribution in [1.29, 1.82) is 0 Å². The minimum Gasteiger partial charge on any atom is -0.296 e. The van der Waals surface area contributed by atoms with Crippen LogP contribution in [0.25, 0.3) is 0 Å². The lowest BCUT2D eigenvalue weighted by Gasteiger charge is -1.97. The molecule has 0 unspecified atom stereocenters. The molecular weight excluding hydrogens is 240 g/mol. The van der Waals surface area contributed by atoms with Crippen LogP contribution in [0.2, 0.25) is 0 Å². The van der Waals surface area contributed by atoms with E-state index >= 15 is 0 Å². The molecule has 17 heavy (non-hydrogen) atoms. The zero-order valence-corrected chi connectivity index (χ0v) is 9.52. The summed E-state index contributed by atoms with van der Waals surface area (Å²) >= 11 is 1.40. The molecule has 0 atom stereocenters. The number of rotatable bonds is 4. The van der Waals surface area contributed by atoms with Crippen LogP contribution in [0.4, 0.5) is 5.69 Å². The fourth-order valence-corrected chi connectivity index (χ4v) is 2.14. The predicted molar refractivity (Wildman–Crippen MR) is 63.4 cm³/mol. The number of benzene rings is 1. The van der Waals surface area contributed by atoms with Gasteiger partial charge in [-0.15, -0.1) is 11.3 Å². The summed E-state index contributed by atoms with van der Waals surface area (Å²) in [5.74, 6) is 0. The van der Waals surface area contributed by atoms with Crippen molar-refractivity contribution in [3.05, 3.63) is 56.0 Å². The lowest BCUT2D eigenvalue weighted by atomic mass is 10.1. The Morgan fingerprint density at radius 3 is 2.59 bits per heavy atom. The SMILES string of the molecule is O=Cc1csc(Cc2ccc([N+](=O)[O-])cc2)n1. The van der Waals surface area contributed by atoms with Crippen molar-refractivity contribution >= 4 is 23.3 Å². The Hall–Kier alpha value is -2.08. The third-order valence-corrected chi connectivity index (χ3v) is 3.06. The van der Waals surface area contributed by atoms with Gasteiger partial charge in [0.25, 0.3) is 5.69 Å². The molecule has 0 saturated heterocycles. The Bertz CT molecular complexity index is 548. The van der Waals surface area contributed by atoms with Crippen LogP contribution in [0.5, 0.6) is 0 Å². The Morgan fingerprint density at radius 1 is 1.35 bits per heavy atom. The predicted octanol–water partition coefficient (Wildman–Crippen LogP) is 2.45. The molecule has 5 nitrogen and oxygen atoms in total. The van der Waals surface area contributed by atoms with E-state index in [-0.39, 0.29) is 5.69 Å². The van der Waals surface area contributed by atoms with Gasteiger partial charge in [0.15, 0.2) is 6.29 Å². The molecule has 0 saturated carbocycles. The van der Waals surface area contributed by atoms with Gasteiger partial charge in [-0.25, -0.2) is 4.98 Å². The number of carbonyl (C=O) groups is 1. The highest BCUT2D eigenvalue weighted by atomic mass is 32.1. The first-order valence-electron chi connectivity index (χ1n) is 4.82. The quantitative estimate of drug-likeness (QED) is 0.473.